The van der Waals surface area contributed by atoms with E-state index >= 15 is 0 Å². The van der Waals surface area contributed by atoms with Gasteiger partial charge in [0.1, 0.15) is 5.82 Å². The molecule has 0 fully saturated rings. The van der Waals surface area contributed by atoms with Crippen molar-refractivity contribution in [3.8, 4) is 0 Å². The van der Waals surface area contributed by atoms with Gasteiger partial charge in [0.05, 0.1) is 24.6 Å². The molecule has 0 saturated heterocycles. The van der Waals surface area contributed by atoms with Crippen molar-refractivity contribution in [3.63, 3.8) is 0 Å². The summed E-state index contributed by atoms with van der Waals surface area (Å²) in [7, 11) is 3.33. The Morgan fingerprint density at radius 1 is 1.32 bits per heavy atom. The number of aromatic nitrogens is 2. The van der Waals surface area contributed by atoms with Crippen molar-refractivity contribution in [2.24, 2.45) is 0 Å². The molecule has 0 amide bonds. The van der Waals surface area contributed by atoms with Crippen LogP contribution in [-0.4, -0.2) is 50.0 Å². The molecule has 0 aliphatic heterocycles. The van der Waals surface area contributed by atoms with Gasteiger partial charge in [-0.05, 0) is 13.0 Å². The molecule has 19 heavy (non-hydrogen) atoms. The molecule has 0 bridgehead atoms. The second-order valence-electron chi connectivity index (χ2n) is 4.27. The molecule has 1 aromatic heterocycles. The third kappa shape index (κ3) is 6.47. The maximum absolute atomic E-state index is 5.27. The van der Waals surface area contributed by atoms with Crippen LogP contribution in [0.3, 0.4) is 0 Å². The van der Waals surface area contributed by atoms with Crippen molar-refractivity contribution in [1.29, 1.82) is 0 Å². The van der Waals surface area contributed by atoms with E-state index in [1.54, 1.807) is 26.6 Å². The van der Waals surface area contributed by atoms with E-state index < -0.39 is 0 Å². The molecular weight excluding hydrogens is 244 g/mol. The van der Waals surface area contributed by atoms with E-state index in [4.69, 9.17) is 9.47 Å². The van der Waals surface area contributed by atoms with Gasteiger partial charge < -0.3 is 20.1 Å². The van der Waals surface area contributed by atoms with Crippen LogP contribution >= 0.6 is 0 Å². The summed E-state index contributed by atoms with van der Waals surface area (Å²) in [6.45, 7) is 5.05. The number of nitrogens with zero attached hydrogens (tertiary/aromatic N) is 2. The highest BCUT2D eigenvalue weighted by molar-refractivity contribution is 5.31. The molecule has 1 unspecified atom stereocenters. The first-order valence-corrected chi connectivity index (χ1v) is 6.57. The number of methoxy groups -OCH3 is 2. The van der Waals surface area contributed by atoms with Crippen LogP contribution in [0.4, 0.5) is 5.82 Å². The van der Waals surface area contributed by atoms with Crippen LogP contribution in [-0.2, 0) is 16.0 Å². The van der Waals surface area contributed by atoms with Crippen molar-refractivity contribution < 1.29 is 9.47 Å². The van der Waals surface area contributed by atoms with Gasteiger partial charge in [-0.2, -0.15) is 0 Å². The first-order valence-electron chi connectivity index (χ1n) is 6.57. The second kappa shape index (κ2) is 9.66. The van der Waals surface area contributed by atoms with Crippen LogP contribution in [0.1, 0.15) is 19.0 Å². The summed E-state index contributed by atoms with van der Waals surface area (Å²) in [6, 6.07) is 0. The maximum Gasteiger partial charge on any atom is 0.144 e. The van der Waals surface area contributed by atoms with Crippen LogP contribution in [0.5, 0.6) is 0 Å². The lowest BCUT2D eigenvalue weighted by Gasteiger charge is -2.15. The summed E-state index contributed by atoms with van der Waals surface area (Å²) in [5, 5.41) is 6.50. The van der Waals surface area contributed by atoms with Crippen molar-refractivity contribution >= 4 is 5.82 Å². The monoisotopic (exact) mass is 268 g/mol. The standard InChI is InChI=1S/C13H24N4O2/c1-4-5-14-6-11-7-15-9-13(17-11)16-8-12(19-3)10-18-2/h7,9,12,14H,4-6,8,10H2,1-3H3,(H,16,17). The van der Waals surface area contributed by atoms with Gasteiger partial charge in [-0.25, -0.2) is 4.98 Å². The Labute approximate surface area is 114 Å². The van der Waals surface area contributed by atoms with Crippen LogP contribution < -0.4 is 10.6 Å². The zero-order chi connectivity index (χ0) is 13.9. The Balaban J connectivity index is 2.42. The summed E-state index contributed by atoms with van der Waals surface area (Å²) in [5.41, 5.74) is 0.930. The minimum Gasteiger partial charge on any atom is -0.382 e. The quantitative estimate of drug-likeness (QED) is 0.618. The fourth-order valence-corrected chi connectivity index (χ4v) is 1.58. The molecular formula is C13H24N4O2. The number of hydrogen-bond donors (Lipinski definition) is 2. The first kappa shape index (κ1) is 15.8. The van der Waals surface area contributed by atoms with E-state index in [9.17, 15) is 0 Å². The predicted octanol–water partition coefficient (Wildman–Crippen LogP) is 1.05. The van der Waals surface area contributed by atoms with Gasteiger partial charge in [-0.1, -0.05) is 6.92 Å². The summed E-state index contributed by atoms with van der Waals surface area (Å²) in [4.78, 5) is 8.65. The molecule has 2 N–H and O–H groups in total. The summed E-state index contributed by atoms with van der Waals surface area (Å²) in [5.74, 6) is 0.758. The van der Waals surface area contributed by atoms with Crippen LogP contribution in [0.2, 0.25) is 0 Å². The predicted molar refractivity (Wildman–Crippen MR) is 75.2 cm³/mol. The van der Waals surface area contributed by atoms with Crippen LogP contribution in [0.15, 0.2) is 12.4 Å². The molecule has 6 heteroatoms. The average Bonchev–Trinajstić information content (AvgIpc) is 2.44. The van der Waals surface area contributed by atoms with E-state index in [-0.39, 0.29) is 6.10 Å². The van der Waals surface area contributed by atoms with Gasteiger partial charge in [0.2, 0.25) is 0 Å². The van der Waals surface area contributed by atoms with Crippen molar-refractivity contribution in [1.82, 2.24) is 15.3 Å². The first-order chi connectivity index (χ1) is 9.30. The Morgan fingerprint density at radius 3 is 2.84 bits per heavy atom. The van der Waals surface area contributed by atoms with Gasteiger partial charge in [-0.3, -0.25) is 4.98 Å². The van der Waals surface area contributed by atoms with E-state index in [1.165, 1.54) is 0 Å². The minimum atomic E-state index is 0.00803. The van der Waals surface area contributed by atoms with Crippen LogP contribution in [0.25, 0.3) is 0 Å². The highest BCUT2D eigenvalue weighted by atomic mass is 16.5. The smallest absolute Gasteiger partial charge is 0.144 e. The van der Waals surface area contributed by atoms with Gasteiger partial charge in [0.25, 0.3) is 0 Å². The molecule has 6 nitrogen and oxygen atoms in total. The maximum atomic E-state index is 5.27. The summed E-state index contributed by atoms with van der Waals surface area (Å²) < 4.78 is 10.3. The summed E-state index contributed by atoms with van der Waals surface area (Å²) >= 11 is 0. The lowest BCUT2D eigenvalue weighted by atomic mass is 10.3. The van der Waals surface area contributed by atoms with E-state index in [0.29, 0.717) is 13.2 Å². The molecule has 0 saturated carbocycles. The molecule has 0 aliphatic rings. The third-order valence-corrected chi connectivity index (χ3v) is 2.61. The zero-order valence-electron chi connectivity index (χ0n) is 12.0. The van der Waals surface area contributed by atoms with E-state index in [2.05, 4.69) is 27.5 Å². The number of hydrogen-bond acceptors (Lipinski definition) is 6. The molecule has 1 atom stereocenters. The third-order valence-electron chi connectivity index (χ3n) is 2.61. The van der Waals surface area contributed by atoms with E-state index in [0.717, 1.165) is 31.0 Å². The second-order valence-corrected chi connectivity index (χ2v) is 4.27. The van der Waals surface area contributed by atoms with Gasteiger partial charge in [-0.15, -0.1) is 0 Å². The number of rotatable bonds is 10. The molecule has 1 heterocycles. The highest BCUT2D eigenvalue weighted by Gasteiger charge is 2.07. The SMILES string of the molecule is CCCNCc1cncc(NCC(COC)OC)n1. The fraction of sp³-hybridized carbons (Fsp3) is 0.692. The summed E-state index contributed by atoms with van der Waals surface area (Å²) in [6.07, 6.45) is 4.60. The fourth-order valence-electron chi connectivity index (χ4n) is 1.58. The topological polar surface area (TPSA) is 68.3 Å². The van der Waals surface area contributed by atoms with E-state index in [1.807, 2.05) is 0 Å². The van der Waals surface area contributed by atoms with Crippen molar-refractivity contribution in [2.75, 3.05) is 39.2 Å². The molecule has 1 aromatic rings. The highest BCUT2D eigenvalue weighted by Crippen LogP contribution is 2.03. The molecule has 0 radical (unpaired) electrons. The number of nitrogens with one attached hydrogen (secondary N) is 2. The molecule has 0 spiro atoms. The molecule has 0 aromatic carbocycles. The van der Waals surface area contributed by atoms with Crippen LogP contribution in [0, 0.1) is 0 Å². The lowest BCUT2D eigenvalue weighted by Crippen LogP contribution is -2.27. The normalized spacial score (nSPS) is 12.4. The minimum absolute atomic E-state index is 0.00803. The zero-order valence-corrected chi connectivity index (χ0v) is 12.0. The largest absolute Gasteiger partial charge is 0.382 e. The molecule has 0 aliphatic carbocycles. The molecule has 108 valence electrons. The average molecular weight is 268 g/mol. The Kier molecular flexibility index (Phi) is 8.04. The number of anilines is 1. The Bertz CT molecular complexity index is 349. The van der Waals surface area contributed by atoms with Gasteiger partial charge in [0, 0.05) is 33.5 Å². The molecule has 1 rings (SSSR count). The number of ether oxygens (including phenoxy) is 2. The van der Waals surface area contributed by atoms with Gasteiger partial charge >= 0.3 is 0 Å². The van der Waals surface area contributed by atoms with Crippen molar-refractivity contribution in [2.45, 2.75) is 26.0 Å². The lowest BCUT2D eigenvalue weighted by molar-refractivity contribution is 0.0365. The van der Waals surface area contributed by atoms with Crippen molar-refractivity contribution in [3.05, 3.63) is 18.1 Å². The van der Waals surface area contributed by atoms with Gasteiger partial charge in [0.15, 0.2) is 0 Å². The Morgan fingerprint density at radius 2 is 2.16 bits per heavy atom. The Hall–Kier alpha value is -1.24.